The number of carboxylic acids is 2. The Morgan fingerprint density at radius 1 is 0.821 bits per heavy atom. The molecule has 0 heterocycles. The van der Waals surface area contributed by atoms with E-state index in [-0.39, 0.29) is 16.9 Å². The molecule has 208 valence electrons. The summed E-state index contributed by atoms with van der Waals surface area (Å²) in [6, 6.07) is 17.8. The number of aliphatic carboxylic acids is 2. The summed E-state index contributed by atoms with van der Waals surface area (Å²) in [5.41, 5.74) is 1.83. The monoisotopic (exact) mass is 567 g/mol. The van der Waals surface area contributed by atoms with Gasteiger partial charge in [0.15, 0.2) is 0 Å². The minimum atomic E-state index is -4.34. The predicted molar refractivity (Wildman–Crippen MR) is 140 cm³/mol. The van der Waals surface area contributed by atoms with Crippen molar-refractivity contribution < 1.29 is 41.8 Å². The number of benzene rings is 3. The Hall–Kier alpha value is -3.70. The van der Waals surface area contributed by atoms with Crippen molar-refractivity contribution in [3.8, 4) is 0 Å². The Bertz CT molecular complexity index is 1170. The van der Waals surface area contributed by atoms with E-state index in [1.807, 2.05) is 0 Å². The minimum Gasteiger partial charge on any atom is -0.478 e. The molecule has 0 aliphatic rings. The molecular weight excluding hydrogens is 541 g/mol. The van der Waals surface area contributed by atoms with Crippen LogP contribution < -0.4 is 5.32 Å². The molecule has 0 spiro atoms. The summed E-state index contributed by atoms with van der Waals surface area (Å²) in [6.45, 7) is 1.21. The van der Waals surface area contributed by atoms with Gasteiger partial charge in [0, 0.05) is 24.4 Å². The fourth-order valence-electron chi connectivity index (χ4n) is 3.31. The zero-order chi connectivity index (χ0) is 28.8. The highest BCUT2D eigenvalue weighted by Gasteiger charge is 2.30. The molecule has 0 bridgehead atoms. The number of alkyl halides is 3. The topological polar surface area (TPSA) is 86.6 Å². The molecule has 0 saturated carbocycles. The van der Waals surface area contributed by atoms with E-state index in [4.69, 9.17) is 10.2 Å². The fourth-order valence-corrected chi connectivity index (χ4v) is 4.51. The molecule has 3 aromatic carbocycles. The quantitative estimate of drug-likeness (QED) is 0.142. The maximum Gasteiger partial charge on any atom is 0.416 e. The van der Waals surface area contributed by atoms with Crippen LogP contribution in [0.15, 0.2) is 84.9 Å². The molecule has 0 fully saturated rings. The van der Waals surface area contributed by atoms with Gasteiger partial charge >= 0.3 is 18.1 Å². The lowest BCUT2D eigenvalue weighted by atomic mass is 10.0. The van der Waals surface area contributed by atoms with Gasteiger partial charge in [-0.3, -0.25) is 0 Å². The molecule has 0 atom stereocenters. The highest BCUT2D eigenvalue weighted by atomic mass is 32.2. The van der Waals surface area contributed by atoms with E-state index in [1.54, 1.807) is 42.1 Å². The third-order valence-corrected chi connectivity index (χ3v) is 6.44. The fraction of sp³-hybridized carbons (Fsp3) is 0.214. The zero-order valence-corrected chi connectivity index (χ0v) is 21.3. The van der Waals surface area contributed by atoms with Crippen LogP contribution in [0, 0.1) is 11.6 Å². The summed E-state index contributed by atoms with van der Waals surface area (Å²) in [6.07, 6.45) is -2.73. The number of halogens is 5. The molecule has 3 rings (SSSR count). The summed E-state index contributed by atoms with van der Waals surface area (Å²) < 4.78 is 65.0. The SMILES string of the molecule is Fc1ccc(C(SCCNCCc2cccc(C(F)(F)F)c2)c2ccc(F)cc2)cc1.O=C(O)C=CC(=O)O. The molecule has 3 N–H and O–H groups in total. The Labute approximate surface area is 226 Å². The lowest BCUT2D eigenvalue weighted by Crippen LogP contribution is -2.20. The zero-order valence-electron chi connectivity index (χ0n) is 20.5. The first kappa shape index (κ1) is 31.5. The lowest BCUT2D eigenvalue weighted by Gasteiger charge is -2.18. The highest BCUT2D eigenvalue weighted by molar-refractivity contribution is 7.99. The average Bonchev–Trinajstić information content (AvgIpc) is 2.88. The number of nitrogens with one attached hydrogen (secondary N) is 1. The van der Waals surface area contributed by atoms with Gasteiger partial charge in [0.25, 0.3) is 0 Å². The van der Waals surface area contributed by atoms with E-state index in [2.05, 4.69) is 5.32 Å². The first-order chi connectivity index (χ1) is 18.5. The third kappa shape index (κ3) is 12.1. The maximum atomic E-state index is 13.3. The van der Waals surface area contributed by atoms with Crippen LogP contribution in [0.5, 0.6) is 0 Å². The molecule has 11 heteroatoms. The number of hydrogen-bond donors (Lipinski definition) is 3. The van der Waals surface area contributed by atoms with E-state index in [1.165, 1.54) is 36.4 Å². The van der Waals surface area contributed by atoms with Crippen LogP contribution in [0.25, 0.3) is 0 Å². The van der Waals surface area contributed by atoms with Gasteiger partial charge in [-0.2, -0.15) is 13.2 Å². The second-order valence-electron chi connectivity index (χ2n) is 8.06. The molecule has 0 aromatic heterocycles. The Morgan fingerprint density at radius 3 is 1.79 bits per heavy atom. The van der Waals surface area contributed by atoms with Crippen molar-refractivity contribution in [1.82, 2.24) is 5.32 Å². The van der Waals surface area contributed by atoms with Crippen molar-refractivity contribution in [2.75, 3.05) is 18.8 Å². The van der Waals surface area contributed by atoms with Gasteiger partial charge in [-0.1, -0.05) is 42.5 Å². The van der Waals surface area contributed by atoms with Gasteiger partial charge in [0.05, 0.1) is 10.8 Å². The summed E-state index contributed by atoms with van der Waals surface area (Å²) >= 11 is 1.64. The van der Waals surface area contributed by atoms with Crippen LogP contribution in [0.2, 0.25) is 0 Å². The lowest BCUT2D eigenvalue weighted by molar-refractivity contribution is -0.137. The van der Waals surface area contributed by atoms with Crippen molar-refractivity contribution in [3.05, 3.63) is 119 Å². The largest absolute Gasteiger partial charge is 0.478 e. The van der Waals surface area contributed by atoms with Crippen LogP contribution in [0.3, 0.4) is 0 Å². The van der Waals surface area contributed by atoms with Crippen LogP contribution in [-0.2, 0) is 22.2 Å². The summed E-state index contributed by atoms with van der Waals surface area (Å²) in [5, 5.41) is 18.8. The molecule has 0 radical (unpaired) electrons. The summed E-state index contributed by atoms with van der Waals surface area (Å²) in [5.74, 6) is -2.42. The molecule has 0 aliphatic carbocycles. The van der Waals surface area contributed by atoms with E-state index < -0.39 is 23.7 Å². The van der Waals surface area contributed by atoms with Crippen molar-refractivity contribution in [1.29, 1.82) is 0 Å². The number of hydrogen-bond acceptors (Lipinski definition) is 4. The minimum absolute atomic E-state index is 0.0773. The van der Waals surface area contributed by atoms with Gasteiger partial charge < -0.3 is 15.5 Å². The molecule has 5 nitrogen and oxygen atoms in total. The Kier molecular flexibility index (Phi) is 12.6. The second-order valence-corrected chi connectivity index (χ2v) is 9.27. The van der Waals surface area contributed by atoms with Gasteiger partial charge in [-0.25, -0.2) is 18.4 Å². The van der Waals surface area contributed by atoms with E-state index in [0.29, 0.717) is 37.2 Å². The van der Waals surface area contributed by atoms with E-state index in [9.17, 15) is 31.5 Å². The molecule has 0 aliphatic heterocycles. The van der Waals surface area contributed by atoms with Crippen molar-refractivity contribution in [2.24, 2.45) is 0 Å². The number of carbonyl (C=O) groups is 2. The standard InChI is InChI=1S/C24H22F5NS.C4H4O4/c25-21-8-4-18(5-9-21)23(19-6-10-22(26)11-7-19)31-15-14-30-13-12-17-2-1-3-20(16-17)24(27,28)29;5-3(6)1-2-4(7)8/h1-11,16,23,30H,12-15H2;1-2H,(H,5,6)(H,7,8). The highest BCUT2D eigenvalue weighted by Crippen LogP contribution is 2.35. The first-order valence-corrected chi connectivity index (χ1v) is 12.6. The number of carboxylic acid groups (broad SMARTS) is 2. The molecule has 0 unspecified atom stereocenters. The van der Waals surface area contributed by atoms with Crippen molar-refractivity contribution in [2.45, 2.75) is 17.8 Å². The number of thioether (sulfide) groups is 1. The smallest absolute Gasteiger partial charge is 0.416 e. The van der Waals surface area contributed by atoms with Gasteiger partial charge in [-0.15, -0.1) is 11.8 Å². The van der Waals surface area contributed by atoms with Crippen LogP contribution in [0.1, 0.15) is 27.5 Å². The molecule has 39 heavy (non-hydrogen) atoms. The average molecular weight is 568 g/mol. The third-order valence-electron chi connectivity index (χ3n) is 5.12. The van der Waals surface area contributed by atoms with E-state index in [0.717, 1.165) is 22.9 Å². The first-order valence-electron chi connectivity index (χ1n) is 11.6. The van der Waals surface area contributed by atoms with Crippen LogP contribution in [-0.4, -0.2) is 41.0 Å². The van der Waals surface area contributed by atoms with Crippen LogP contribution >= 0.6 is 11.8 Å². The van der Waals surface area contributed by atoms with Crippen LogP contribution in [0.4, 0.5) is 22.0 Å². The van der Waals surface area contributed by atoms with Crippen molar-refractivity contribution >= 4 is 23.7 Å². The second kappa shape index (κ2) is 15.6. The van der Waals surface area contributed by atoms with E-state index >= 15 is 0 Å². The normalized spacial score (nSPS) is 11.3. The predicted octanol–water partition coefficient (Wildman–Crippen LogP) is 6.35. The summed E-state index contributed by atoms with van der Waals surface area (Å²) in [4.78, 5) is 19.1. The molecular formula is C28H26F5NO4S. The Morgan fingerprint density at radius 2 is 1.33 bits per heavy atom. The molecule has 0 amide bonds. The van der Waals surface area contributed by atoms with Crippen molar-refractivity contribution in [3.63, 3.8) is 0 Å². The van der Waals surface area contributed by atoms with Gasteiger partial charge in [0.2, 0.25) is 0 Å². The summed E-state index contributed by atoms with van der Waals surface area (Å²) in [7, 11) is 0. The Balaban J connectivity index is 0.000000580. The van der Waals surface area contributed by atoms with Gasteiger partial charge in [0.1, 0.15) is 11.6 Å². The molecule has 3 aromatic rings. The maximum absolute atomic E-state index is 13.3. The van der Waals surface area contributed by atoms with Gasteiger partial charge in [-0.05, 0) is 60.0 Å². The molecule has 0 saturated heterocycles. The number of rotatable bonds is 11.